The fraction of sp³-hybridized carbons (Fsp3) is 0.607. The first kappa shape index (κ1) is 31.0. The third-order valence-corrected chi connectivity index (χ3v) is 8.08. The molecule has 0 unspecified atom stereocenters. The van der Waals surface area contributed by atoms with Gasteiger partial charge in [0.25, 0.3) is 0 Å². The van der Waals surface area contributed by atoms with Crippen molar-refractivity contribution in [3.63, 3.8) is 0 Å². The summed E-state index contributed by atoms with van der Waals surface area (Å²) in [6, 6.07) is 0. The maximum atomic E-state index is 13.7. The van der Waals surface area contributed by atoms with Crippen molar-refractivity contribution in [2.75, 3.05) is 14.2 Å². The molecule has 0 aromatic rings. The van der Waals surface area contributed by atoms with Crippen LogP contribution in [0.5, 0.6) is 0 Å². The van der Waals surface area contributed by atoms with Crippen LogP contribution in [0, 0.1) is 16.7 Å². The quantitative estimate of drug-likeness (QED) is 0.0780. The second kappa shape index (κ2) is 12.8. The summed E-state index contributed by atoms with van der Waals surface area (Å²) in [6.45, 7) is 2.05. The molecule has 0 aromatic heterocycles. The minimum Gasteiger partial charge on any atom is -0.515 e. The number of aliphatic hydroxyl groups excluding tert-OH is 3. The minimum atomic E-state index is -2.24. The summed E-state index contributed by atoms with van der Waals surface area (Å²) >= 11 is 0. The van der Waals surface area contributed by atoms with E-state index in [2.05, 4.69) is 11.7 Å². The summed E-state index contributed by atoms with van der Waals surface area (Å²) in [5, 5.41) is 31.8. The molecule has 2 fully saturated rings. The van der Waals surface area contributed by atoms with Crippen LogP contribution in [0.2, 0.25) is 0 Å². The Balaban J connectivity index is 2.09. The average Bonchev–Trinajstić information content (AvgIpc) is 3.56. The second-order valence-electron chi connectivity index (χ2n) is 10.3. The normalized spacial score (nSPS) is 30.5. The number of unbranched alkanes of at least 4 members (excludes halogenated alkanes) is 3. The Hall–Kier alpha value is -3.51. The van der Waals surface area contributed by atoms with Crippen molar-refractivity contribution < 1.29 is 58.2 Å². The lowest BCUT2D eigenvalue weighted by molar-refractivity contribution is -0.167. The van der Waals surface area contributed by atoms with Gasteiger partial charge in [-0.1, -0.05) is 32.3 Å². The topological polar surface area (TPSA) is 183 Å². The van der Waals surface area contributed by atoms with Gasteiger partial charge in [0.1, 0.15) is 16.9 Å². The van der Waals surface area contributed by atoms with Crippen LogP contribution < -0.4 is 0 Å². The number of cyclic esters (lactones) is 3. The predicted molar refractivity (Wildman–Crippen MR) is 136 cm³/mol. The van der Waals surface area contributed by atoms with Crippen molar-refractivity contribution >= 4 is 29.8 Å². The minimum absolute atomic E-state index is 0.193. The van der Waals surface area contributed by atoms with Gasteiger partial charge in [0.05, 0.1) is 43.8 Å². The van der Waals surface area contributed by atoms with Crippen LogP contribution >= 0.6 is 0 Å². The van der Waals surface area contributed by atoms with Gasteiger partial charge in [0.15, 0.2) is 0 Å². The molecule has 6 atom stereocenters. The first-order valence-electron chi connectivity index (χ1n) is 13.3. The highest BCUT2D eigenvalue weighted by molar-refractivity contribution is 6.15. The summed E-state index contributed by atoms with van der Waals surface area (Å²) in [5.41, 5.74) is -5.25. The fourth-order valence-electron chi connectivity index (χ4n) is 6.15. The van der Waals surface area contributed by atoms with Crippen LogP contribution in [0.3, 0.4) is 0 Å². The van der Waals surface area contributed by atoms with Gasteiger partial charge in [-0.25, -0.2) is 14.4 Å². The molecule has 12 heteroatoms. The summed E-state index contributed by atoms with van der Waals surface area (Å²) in [6.07, 6.45) is 3.41. The molecule has 0 bridgehead atoms. The molecule has 0 amide bonds. The zero-order valence-corrected chi connectivity index (χ0v) is 22.8. The van der Waals surface area contributed by atoms with Gasteiger partial charge in [0.2, 0.25) is 0 Å². The standard InChI is InChI=1S/C28H36O12/c1-4-5-6-7-9-17-12-18(23(33)39-17)27(25(35)38-3)13-16(22(32)20(30)10-8-11-21(31)37-2)14-28(27)19(15-29)24(34)40-26(28)36/h8,11-12,15-17,20,22,29-30,32H,4-7,9-10,13-14H2,1-3H3/b11-8-,19-15+/t16-,17+,20+,22-,27+,28-/m1/s1. The third-order valence-electron chi connectivity index (χ3n) is 8.08. The molecule has 1 saturated heterocycles. The lowest BCUT2D eigenvalue weighted by Gasteiger charge is -2.37. The van der Waals surface area contributed by atoms with Gasteiger partial charge in [0, 0.05) is 6.08 Å². The maximum Gasteiger partial charge on any atom is 0.346 e. The Kier molecular flexibility index (Phi) is 9.91. The van der Waals surface area contributed by atoms with E-state index in [1.807, 2.05) is 0 Å². The van der Waals surface area contributed by atoms with E-state index >= 15 is 0 Å². The Morgan fingerprint density at radius 2 is 1.82 bits per heavy atom. The molecule has 0 aromatic carbocycles. The Bertz CT molecular complexity index is 1120. The van der Waals surface area contributed by atoms with Gasteiger partial charge >= 0.3 is 29.8 Å². The van der Waals surface area contributed by atoms with Crippen molar-refractivity contribution in [3.8, 4) is 0 Å². The number of esters is 5. The van der Waals surface area contributed by atoms with E-state index in [-0.39, 0.29) is 12.0 Å². The lowest BCUT2D eigenvalue weighted by Crippen LogP contribution is -2.51. The van der Waals surface area contributed by atoms with Crippen LogP contribution in [0.4, 0.5) is 0 Å². The maximum absolute atomic E-state index is 13.7. The highest BCUT2D eigenvalue weighted by Crippen LogP contribution is 2.67. The van der Waals surface area contributed by atoms with Gasteiger partial charge in [-0.2, -0.15) is 0 Å². The molecule has 12 nitrogen and oxygen atoms in total. The molecule has 3 aliphatic rings. The summed E-state index contributed by atoms with van der Waals surface area (Å²) in [7, 11) is 2.22. The van der Waals surface area contributed by atoms with E-state index in [0.717, 1.165) is 38.9 Å². The summed E-state index contributed by atoms with van der Waals surface area (Å²) in [5.74, 6) is -6.11. The number of hydrogen-bond acceptors (Lipinski definition) is 12. The van der Waals surface area contributed by atoms with Gasteiger partial charge in [-0.3, -0.25) is 9.59 Å². The molecule has 40 heavy (non-hydrogen) atoms. The van der Waals surface area contributed by atoms with Crippen LogP contribution in [-0.4, -0.2) is 77.7 Å². The number of carbonyl (C=O) groups excluding carboxylic acids is 5. The second-order valence-corrected chi connectivity index (χ2v) is 10.3. The predicted octanol–water partition coefficient (Wildman–Crippen LogP) is 1.73. The van der Waals surface area contributed by atoms with Crippen LogP contribution in [0.1, 0.15) is 58.3 Å². The smallest absolute Gasteiger partial charge is 0.346 e. The zero-order valence-electron chi connectivity index (χ0n) is 22.8. The molecule has 220 valence electrons. The van der Waals surface area contributed by atoms with E-state index in [9.17, 15) is 39.3 Å². The molecule has 2 heterocycles. The van der Waals surface area contributed by atoms with E-state index in [1.54, 1.807) is 0 Å². The zero-order chi connectivity index (χ0) is 29.7. The van der Waals surface area contributed by atoms with Crippen molar-refractivity contribution in [2.24, 2.45) is 16.7 Å². The van der Waals surface area contributed by atoms with Gasteiger partial charge < -0.3 is 34.3 Å². The first-order chi connectivity index (χ1) is 19.0. The number of carbonyl (C=O) groups is 5. The monoisotopic (exact) mass is 564 g/mol. The Labute approximate surface area is 231 Å². The van der Waals surface area contributed by atoms with Crippen LogP contribution in [0.15, 0.2) is 35.6 Å². The van der Waals surface area contributed by atoms with Crippen LogP contribution in [-0.2, 0) is 42.9 Å². The van der Waals surface area contributed by atoms with Crippen molar-refractivity contribution in [1.82, 2.24) is 0 Å². The number of ether oxygens (including phenoxy) is 4. The highest BCUT2D eigenvalue weighted by Gasteiger charge is 2.77. The molecule has 1 aliphatic carbocycles. The van der Waals surface area contributed by atoms with Crippen molar-refractivity contribution in [1.29, 1.82) is 0 Å². The summed E-state index contributed by atoms with van der Waals surface area (Å²) < 4.78 is 20.0. The van der Waals surface area contributed by atoms with Crippen LogP contribution in [0.25, 0.3) is 0 Å². The molecular weight excluding hydrogens is 528 g/mol. The molecule has 0 radical (unpaired) electrons. The van der Waals surface area contributed by atoms with Crippen molar-refractivity contribution in [2.45, 2.75) is 76.6 Å². The number of rotatable bonds is 12. The molecular formula is C28H36O12. The molecule has 3 N–H and O–H groups in total. The molecule has 2 aliphatic heterocycles. The number of aliphatic hydroxyl groups is 3. The van der Waals surface area contributed by atoms with Gasteiger partial charge in [-0.05, 0) is 44.1 Å². The van der Waals surface area contributed by atoms with Crippen molar-refractivity contribution in [3.05, 3.63) is 35.6 Å². The SMILES string of the molecule is CCCCCC[C@H]1C=C([C@]2(C(=O)OC)C[C@@H]([C@@H](O)[C@@H](O)C/C=C\C(=O)OC)C[C@@]23C(=O)OC(=O)/C3=C\O)C(=O)O1. The first-order valence-corrected chi connectivity index (χ1v) is 13.3. The Morgan fingerprint density at radius 1 is 1.10 bits per heavy atom. The average molecular weight is 565 g/mol. The molecule has 1 saturated carbocycles. The van der Waals surface area contributed by atoms with E-state index in [1.165, 1.54) is 19.3 Å². The number of hydrogen-bond donors (Lipinski definition) is 3. The van der Waals surface area contributed by atoms with Gasteiger partial charge in [-0.15, -0.1) is 0 Å². The third kappa shape index (κ3) is 5.29. The number of methoxy groups -OCH3 is 2. The molecule has 3 rings (SSSR count). The highest BCUT2D eigenvalue weighted by atomic mass is 16.6. The van der Waals surface area contributed by atoms with E-state index < -0.39 is 83.3 Å². The van der Waals surface area contributed by atoms with E-state index in [0.29, 0.717) is 12.7 Å². The Morgan fingerprint density at radius 3 is 2.45 bits per heavy atom. The largest absolute Gasteiger partial charge is 0.515 e. The summed E-state index contributed by atoms with van der Waals surface area (Å²) in [4.78, 5) is 64.4. The fourth-order valence-corrected chi connectivity index (χ4v) is 6.15. The van der Waals surface area contributed by atoms with E-state index in [4.69, 9.17) is 14.2 Å². The lowest BCUT2D eigenvalue weighted by atomic mass is 9.59. The molecule has 1 spiro atoms.